The Morgan fingerprint density at radius 2 is 1.62 bits per heavy atom. The molecule has 4 nitrogen and oxygen atoms in total. The summed E-state index contributed by atoms with van der Waals surface area (Å²) < 4.78 is 67.2. The molecule has 32 heavy (non-hydrogen) atoms. The van der Waals surface area contributed by atoms with Crippen LogP contribution in [-0.2, 0) is 23.0 Å². The zero-order valence-electron chi connectivity index (χ0n) is 16.9. The summed E-state index contributed by atoms with van der Waals surface area (Å²) in [5.74, 6) is -0.359. The second kappa shape index (κ2) is 7.45. The number of aromatic nitrogens is 1. The third kappa shape index (κ3) is 3.50. The molecule has 9 heteroatoms. The molecule has 1 saturated carbocycles. The van der Waals surface area contributed by atoms with Gasteiger partial charge in [-0.2, -0.15) is 21.6 Å². The van der Waals surface area contributed by atoms with Crippen LogP contribution in [0, 0.1) is 5.41 Å². The van der Waals surface area contributed by atoms with Gasteiger partial charge < -0.3 is 4.18 Å². The van der Waals surface area contributed by atoms with Crippen molar-refractivity contribution < 1.29 is 25.8 Å². The van der Waals surface area contributed by atoms with Crippen molar-refractivity contribution in [3.05, 3.63) is 58.2 Å². The molecule has 0 amide bonds. The SMILES string of the molecule is O=S(=O)(Oc1ccc(-c2ncc(Br)c3c2CC2(CCCC2)C3)c2ccccc12)C(F)(F)F. The fourth-order valence-corrected chi connectivity index (χ4v) is 6.14. The van der Waals surface area contributed by atoms with Gasteiger partial charge in [-0.25, -0.2) is 0 Å². The summed E-state index contributed by atoms with van der Waals surface area (Å²) in [4.78, 5) is 4.68. The highest BCUT2D eigenvalue weighted by Crippen LogP contribution is 2.52. The fraction of sp³-hybridized carbons (Fsp3) is 0.348. The molecule has 1 spiro atoms. The molecule has 0 radical (unpaired) electrons. The Labute approximate surface area is 192 Å². The number of alkyl halides is 3. The quantitative estimate of drug-likeness (QED) is 0.287. The highest BCUT2D eigenvalue weighted by molar-refractivity contribution is 9.10. The number of benzene rings is 2. The van der Waals surface area contributed by atoms with E-state index in [1.54, 1.807) is 36.5 Å². The van der Waals surface area contributed by atoms with Crippen molar-refractivity contribution in [2.24, 2.45) is 5.41 Å². The van der Waals surface area contributed by atoms with Crippen molar-refractivity contribution >= 4 is 36.8 Å². The fourth-order valence-electron chi connectivity index (χ4n) is 5.18. The van der Waals surface area contributed by atoms with Crippen molar-refractivity contribution in [3.8, 4) is 17.0 Å². The number of hydrogen-bond acceptors (Lipinski definition) is 4. The molecule has 1 aromatic heterocycles. The normalized spacial score (nSPS) is 17.8. The first kappa shape index (κ1) is 21.7. The highest BCUT2D eigenvalue weighted by atomic mass is 79.9. The predicted molar refractivity (Wildman–Crippen MR) is 119 cm³/mol. The molecule has 168 valence electrons. The van der Waals surface area contributed by atoms with E-state index in [0.717, 1.165) is 34.1 Å². The van der Waals surface area contributed by atoms with E-state index in [9.17, 15) is 21.6 Å². The topological polar surface area (TPSA) is 56.3 Å². The maximum absolute atomic E-state index is 12.9. The minimum atomic E-state index is -5.77. The van der Waals surface area contributed by atoms with Gasteiger partial charge >= 0.3 is 15.6 Å². The molecular formula is C23H19BrF3NO3S. The molecule has 0 unspecified atom stereocenters. The summed E-state index contributed by atoms with van der Waals surface area (Å²) in [6.45, 7) is 0. The van der Waals surface area contributed by atoms with Crippen molar-refractivity contribution in [2.75, 3.05) is 0 Å². The van der Waals surface area contributed by atoms with Crippen molar-refractivity contribution in [1.82, 2.24) is 4.98 Å². The molecule has 0 saturated heterocycles. The first-order chi connectivity index (χ1) is 15.1. The van der Waals surface area contributed by atoms with E-state index in [0.29, 0.717) is 5.39 Å². The van der Waals surface area contributed by atoms with Gasteiger partial charge in [0.05, 0.1) is 5.69 Å². The lowest BCUT2D eigenvalue weighted by atomic mass is 9.83. The molecule has 0 aliphatic heterocycles. The molecular weight excluding hydrogens is 507 g/mol. The highest BCUT2D eigenvalue weighted by Gasteiger charge is 2.49. The Bertz CT molecular complexity index is 1330. The lowest BCUT2D eigenvalue weighted by Gasteiger charge is -2.21. The molecule has 2 aliphatic carbocycles. The van der Waals surface area contributed by atoms with E-state index in [1.165, 1.54) is 37.3 Å². The van der Waals surface area contributed by atoms with Gasteiger partial charge in [0.25, 0.3) is 0 Å². The van der Waals surface area contributed by atoms with Crippen LogP contribution in [0.5, 0.6) is 5.75 Å². The van der Waals surface area contributed by atoms with Crippen LogP contribution in [0.2, 0.25) is 0 Å². The van der Waals surface area contributed by atoms with Crippen LogP contribution < -0.4 is 4.18 Å². The van der Waals surface area contributed by atoms with Crippen LogP contribution in [-0.4, -0.2) is 18.9 Å². The first-order valence-electron chi connectivity index (χ1n) is 10.3. The van der Waals surface area contributed by atoms with Gasteiger partial charge in [-0.05, 0) is 75.7 Å². The minimum Gasteiger partial charge on any atom is -0.375 e. The zero-order chi connectivity index (χ0) is 22.7. The zero-order valence-corrected chi connectivity index (χ0v) is 19.3. The summed E-state index contributed by atoms with van der Waals surface area (Å²) in [7, 11) is -5.77. The van der Waals surface area contributed by atoms with Crippen LogP contribution in [0.3, 0.4) is 0 Å². The van der Waals surface area contributed by atoms with Gasteiger partial charge in [-0.1, -0.05) is 37.1 Å². The van der Waals surface area contributed by atoms with Gasteiger partial charge in [0.2, 0.25) is 0 Å². The van der Waals surface area contributed by atoms with E-state index in [-0.39, 0.29) is 16.6 Å². The maximum Gasteiger partial charge on any atom is 0.534 e. The predicted octanol–water partition coefficient (Wildman–Crippen LogP) is 6.55. The lowest BCUT2D eigenvalue weighted by molar-refractivity contribution is -0.0499. The van der Waals surface area contributed by atoms with Gasteiger partial charge in [0.15, 0.2) is 5.75 Å². The van der Waals surface area contributed by atoms with Crippen molar-refractivity contribution in [1.29, 1.82) is 0 Å². The van der Waals surface area contributed by atoms with Crippen LogP contribution in [0.4, 0.5) is 13.2 Å². The molecule has 2 aromatic carbocycles. The van der Waals surface area contributed by atoms with Crippen LogP contribution >= 0.6 is 15.9 Å². The third-order valence-electron chi connectivity index (χ3n) is 6.64. The monoisotopic (exact) mass is 525 g/mol. The average Bonchev–Trinajstić information content (AvgIpc) is 3.35. The Hall–Kier alpha value is -2.13. The summed E-state index contributed by atoms with van der Waals surface area (Å²) in [5, 5.41) is 0.872. The molecule has 0 N–H and O–H groups in total. The Balaban J connectivity index is 1.65. The summed E-state index contributed by atoms with van der Waals surface area (Å²) in [5.41, 5.74) is -1.33. The molecule has 0 atom stereocenters. The summed E-state index contributed by atoms with van der Waals surface area (Å²) in [6, 6.07) is 9.56. The number of halogens is 4. The lowest BCUT2D eigenvalue weighted by Crippen LogP contribution is -2.28. The van der Waals surface area contributed by atoms with Crippen molar-refractivity contribution in [3.63, 3.8) is 0 Å². The molecule has 1 heterocycles. The van der Waals surface area contributed by atoms with Crippen LogP contribution in [0.25, 0.3) is 22.0 Å². The van der Waals surface area contributed by atoms with E-state index >= 15 is 0 Å². The molecule has 0 bridgehead atoms. The van der Waals surface area contributed by atoms with Gasteiger partial charge in [0.1, 0.15) is 0 Å². The Kier molecular flexibility index (Phi) is 5.05. The standard InChI is InChI=1S/C23H19BrF3NO3S/c24-19-13-28-21(18-12-22(11-17(18)19)9-3-4-10-22)16-7-8-20(15-6-2-1-5-14(15)16)31-32(29,30)23(25,26)27/h1-2,5-8,13H,3-4,9-12H2. The average molecular weight is 526 g/mol. The van der Waals surface area contributed by atoms with E-state index in [1.807, 2.05) is 0 Å². The van der Waals surface area contributed by atoms with E-state index in [2.05, 4.69) is 25.1 Å². The Morgan fingerprint density at radius 3 is 2.31 bits per heavy atom. The molecule has 1 fully saturated rings. The number of pyridine rings is 1. The smallest absolute Gasteiger partial charge is 0.375 e. The number of nitrogens with zero attached hydrogens (tertiary/aromatic N) is 1. The van der Waals surface area contributed by atoms with Crippen LogP contribution in [0.1, 0.15) is 36.8 Å². The van der Waals surface area contributed by atoms with Gasteiger partial charge in [0, 0.05) is 21.6 Å². The van der Waals surface area contributed by atoms with E-state index < -0.39 is 15.6 Å². The van der Waals surface area contributed by atoms with E-state index in [4.69, 9.17) is 0 Å². The van der Waals surface area contributed by atoms with Gasteiger partial charge in [-0.15, -0.1) is 0 Å². The molecule has 5 rings (SSSR count). The number of fused-ring (bicyclic) bond motifs is 2. The Morgan fingerprint density at radius 1 is 0.969 bits per heavy atom. The number of rotatable bonds is 3. The maximum atomic E-state index is 12.9. The second-order valence-corrected chi connectivity index (χ2v) is 11.0. The second-order valence-electron chi connectivity index (χ2n) is 8.61. The largest absolute Gasteiger partial charge is 0.534 e. The van der Waals surface area contributed by atoms with Crippen molar-refractivity contribution in [2.45, 2.75) is 44.0 Å². The van der Waals surface area contributed by atoms with Gasteiger partial charge in [-0.3, -0.25) is 4.98 Å². The number of hydrogen-bond donors (Lipinski definition) is 0. The summed E-state index contributed by atoms with van der Waals surface area (Å²) in [6.07, 6.45) is 8.47. The third-order valence-corrected chi connectivity index (χ3v) is 8.28. The minimum absolute atomic E-state index is 0.252. The first-order valence-corrected chi connectivity index (χ1v) is 12.5. The summed E-state index contributed by atoms with van der Waals surface area (Å²) >= 11 is 3.64. The van der Waals surface area contributed by atoms with Crippen LogP contribution in [0.15, 0.2) is 47.1 Å². The molecule has 3 aromatic rings. The molecule has 2 aliphatic rings.